The monoisotopic (exact) mass is 555 g/mol. The van der Waals surface area contributed by atoms with Crippen molar-refractivity contribution in [3.63, 3.8) is 0 Å². The molecule has 0 bridgehead atoms. The third kappa shape index (κ3) is 9.03. The number of alkyl halides is 3. The van der Waals surface area contributed by atoms with E-state index in [9.17, 15) is 18.0 Å². The van der Waals surface area contributed by atoms with E-state index in [1.165, 1.54) is 11.3 Å². The van der Waals surface area contributed by atoms with Crippen molar-refractivity contribution in [1.29, 1.82) is 0 Å². The van der Waals surface area contributed by atoms with Gasteiger partial charge in [0.15, 0.2) is 0 Å². The van der Waals surface area contributed by atoms with E-state index >= 15 is 0 Å². The number of hydrogen-bond donors (Lipinski definition) is 2. The highest BCUT2D eigenvalue weighted by atomic mass is 35.5. The molecule has 1 aliphatic rings. The minimum absolute atomic E-state index is 0.134. The molecule has 3 aromatic rings. The molecule has 0 radical (unpaired) electrons. The maximum absolute atomic E-state index is 12.2. The van der Waals surface area contributed by atoms with E-state index in [2.05, 4.69) is 27.3 Å². The zero-order valence-corrected chi connectivity index (χ0v) is 21.4. The van der Waals surface area contributed by atoms with Gasteiger partial charge in [-0.3, -0.25) is 14.7 Å². The van der Waals surface area contributed by atoms with E-state index in [1.54, 1.807) is 12.1 Å². The number of hydrogen-bond acceptors (Lipinski definition) is 6. The highest BCUT2D eigenvalue weighted by Gasteiger charge is 2.38. The minimum Gasteiger partial charge on any atom is -0.489 e. The summed E-state index contributed by atoms with van der Waals surface area (Å²) in [5.74, 6) is -2.23. The number of aromatic nitrogens is 1. The van der Waals surface area contributed by atoms with Gasteiger partial charge in [0.25, 0.3) is 5.91 Å². The molecule has 4 rings (SSSR count). The normalized spacial score (nSPS) is 14.4. The van der Waals surface area contributed by atoms with Crippen LogP contribution in [-0.4, -0.2) is 52.2 Å². The Morgan fingerprint density at radius 1 is 1.19 bits per heavy atom. The number of carboxylic acids is 1. The fraction of sp³-hybridized carbons (Fsp3) is 0.320. The van der Waals surface area contributed by atoms with Crippen molar-refractivity contribution in [3.8, 4) is 5.75 Å². The van der Waals surface area contributed by atoms with Crippen molar-refractivity contribution in [2.24, 2.45) is 0 Å². The lowest BCUT2D eigenvalue weighted by Gasteiger charge is -2.32. The lowest BCUT2D eigenvalue weighted by atomic mass is 10.1. The predicted molar refractivity (Wildman–Crippen MR) is 135 cm³/mol. The lowest BCUT2D eigenvalue weighted by Crippen LogP contribution is -2.38. The Balaban J connectivity index is 0.000000479. The number of aliphatic carboxylic acids is 1. The quantitative estimate of drug-likeness (QED) is 0.386. The van der Waals surface area contributed by atoms with Crippen LogP contribution in [0.1, 0.15) is 33.9 Å². The van der Waals surface area contributed by atoms with Crippen LogP contribution in [0.4, 0.5) is 18.9 Å². The highest BCUT2D eigenvalue weighted by Crippen LogP contribution is 2.30. The summed E-state index contributed by atoms with van der Waals surface area (Å²) >= 11 is 7.82. The maximum atomic E-state index is 12.2. The van der Waals surface area contributed by atoms with Gasteiger partial charge in [0.1, 0.15) is 11.9 Å². The molecule has 1 amide bonds. The smallest absolute Gasteiger partial charge is 0.489 e. The van der Waals surface area contributed by atoms with Crippen LogP contribution in [-0.2, 0) is 11.3 Å². The molecule has 12 heteroatoms. The zero-order valence-electron chi connectivity index (χ0n) is 19.8. The van der Waals surface area contributed by atoms with Gasteiger partial charge in [-0.2, -0.15) is 13.2 Å². The number of anilines is 1. The third-order valence-electron chi connectivity index (χ3n) is 5.34. The average molecular weight is 556 g/mol. The van der Waals surface area contributed by atoms with E-state index in [0.29, 0.717) is 21.3 Å². The molecular weight excluding hydrogens is 531 g/mol. The number of likely N-dealkylation sites (tertiary alicyclic amines) is 1. The van der Waals surface area contributed by atoms with E-state index in [0.717, 1.165) is 43.9 Å². The summed E-state index contributed by atoms with van der Waals surface area (Å²) in [5, 5.41) is 12.4. The van der Waals surface area contributed by atoms with Crippen LogP contribution < -0.4 is 10.1 Å². The summed E-state index contributed by atoms with van der Waals surface area (Å²) in [4.78, 5) is 28.7. The molecule has 1 aliphatic heterocycles. The molecule has 37 heavy (non-hydrogen) atoms. The number of thiophene rings is 1. The third-order valence-corrected chi connectivity index (χ3v) is 6.50. The first-order valence-electron chi connectivity index (χ1n) is 11.3. The number of aryl methyl sites for hydroxylation is 1. The summed E-state index contributed by atoms with van der Waals surface area (Å²) in [6.45, 7) is 4.82. The first-order chi connectivity index (χ1) is 17.5. The van der Waals surface area contributed by atoms with Crippen molar-refractivity contribution >= 4 is 40.5 Å². The van der Waals surface area contributed by atoms with Gasteiger partial charge in [-0.25, -0.2) is 4.79 Å². The van der Waals surface area contributed by atoms with Crippen LogP contribution in [0.5, 0.6) is 5.75 Å². The van der Waals surface area contributed by atoms with Crippen LogP contribution in [0, 0.1) is 6.92 Å². The second kappa shape index (κ2) is 12.9. The van der Waals surface area contributed by atoms with E-state index < -0.39 is 12.1 Å². The van der Waals surface area contributed by atoms with Gasteiger partial charge in [0.2, 0.25) is 0 Å². The predicted octanol–water partition coefficient (Wildman–Crippen LogP) is 6.03. The maximum Gasteiger partial charge on any atom is 0.490 e. The summed E-state index contributed by atoms with van der Waals surface area (Å²) in [6.07, 6.45) is -3.06. The molecule has 0 atom stereocenters. The Labute approximate surface area is 220 Å². The van der Waals surface area contributed by atoms with Gasteiger partial charge < -0.3 is 15.2 Å². The molecule has 1 saturated heterocycles. The van der Waals surface area contributed by atoms with Gasteiger partial charge in [0.05, 0.1) is 15.6 Å². The van der Waals surface area contributed by atoms with Crippen LogP contribution >= 0.6 is 22.9 Å². The summed E-state index contributed by atoms with van der Waals surface area (Å²) in [6, 6.07) is 15.2. The SMILES string of the molecule is Cc1cccc(CN2CCC(Oc3ccc(NC(=O)c4cccs4)cc3Cl)CC2)n1.O=C(O)C(F)(F)F. The number of carbonyl (C=O) groups is 2. The van der Waals surface area contributed by atoms with Crippen LogP contribution in [0.25, 0.3) is 0 Å². The Hall–Kier alpha value is -3.15. The summed E-state index contributed by atoms with van der Waals surface area (Å²) < 4.78 is 37.9. The molecule has 0 aliphatic carbocycles. The van der Waals surface area contributed by atoms with Crippen LogP contribution in [0.2, 0.25) is 5.02 Å². The summed E-state index contributed by atoms with van der Waals surface area (Å²) in [5.41, 5.74) is 2.82. The topological polar surface area (TPSA) is 91.8 Å². The fourth-order valence-electron chi connectivity index (χ4n) is 3.56. The molecule has 2 aromatic heterocycles. The van der Waals surface area contributed by atoms with E-state index in [-0.39, 0.29) is 12.0 Å². The van der Waals surface area contributed by atoms with Gasteiger partial charge >= 0.3 is 12.1 Å². The number of piperidine rings is 1. The molecule has 2 N–H and O–H groups in total. The van der Waals surface area contributed by atoms with Gasteiger partial charge in [-0.15, -0.1) is 11.3 Å². The summed E-state index contributed by atoms with van der Waals surface area (Å²) in [7, 11) is 0. The molecule has 0 saturated carbocycles. The number of carboxylic acid groups (broad SMARTS) is 1. The number of rotatable bonds is 6. The van der Waals surface area contributed by atoms with Crippen LogP contribution in [0.3, 0.4) is 0 Å². The van der Waals surface area contributed by atoms with Crippen molar-refractivity contribution in [2.45, 2.75) is 38.6 Å². The number of amides is 1. The van der Waals surface area contributed by atoms with Crippen molar-refractivity contribution < 1.29 is 32.6 Å². The number of carbonyl (C=O) groups excluding carboxylic acids is 1. The Kier molecular flexibility index (Phi) is 9.90. The van der Waals surface area contributed by atoms with Crippen molar-refractivity contribution in [3.05, 3.63) is 75.2 Å². The first-order valence-corrected chi connectivity index (χ1v) is 12.5. The molecule has 1 fully saturated rings. The van der Waals surface area contributed by atoms with Gasteiger partial charge in [0, 0.05) is 31.0 Å². The molecule has 0 unspecified atom stereocenters. The van der Waals surface area contributed by atoms with Gasteiger partial charge in [-0.1, -0.05) is 23.7 Å². The average Bonchev–Trinajstić information content (AvgIpc) is 3.37. The van der Waals surface area contributed by atoms with Crippen molar-refractivity contribution in [2.75, 3.05) is 18.4 Å². The number of pyridine rings is 1. The number of nitrogens with one attached hydrogen (secondary N) is 1. The highest BCUT2D eigenvalue weighted by molar-refractivity contribution is 7.12. The van der Waals surface area contributed by atoms with E-state index in [4.69, 9.17) is 26.2 Å². The Morgan fingerprint density at radius 3 is 2.46 bits per heavy atom. The minimum atomic E-state index is -5.08. The second-order valence-corrected chi connectivity index (χ2v) is 9.60. The second-order valence-electron chi connectivity index (χ2n) is 8.24. The molecule has 7 nitrogen and oxygen atoms in total. The van der Waals surface area contributed by atoms with E-state index in [1.807, 2.05) is 36.6 Å². The van der Waals surface area contributed by atoms with Gasteiger partial charge in [-0.05, 0) is 61.5 Å². The number of halogens is 4. The first kappa shape index (κ1) is 28.4. The Morgan fingerprint density at radius 2 is 1.89 bits per heavy atom. The standard InChI is InChI=1S/C23H24ClN3O2S.C2HF3O2/c1-16-4-2-5-18(25-16)15-27-11-9-19(10-12-27)29-21-8-7-17(14-20(21)24)26-23(28)22-6-3-13-30-22;3-2(4,5)1(6)7/h2-8,13-14,19H,9-12,15H2,1H3,(H,26,28);(H,6,7). The lowest BCUT2D eigenvalue weighted by molar-refractivity contribution is -0.192. The Bertz CT molecular complexity index is 1200. The molecule has 1 aromatic carbocycles. The van der Waals surface area contributed by atoms with Crippen LogP contribution in [0.15, 0.2) is 53.9 Å². The fourth-order valence-corrected chi connectivity index (χ4v) is 4.40. The molecule has 0 spiro atoms. The molecule has 3 heterocycles. The number of nitrogens with zero attached hydrogens (tertiary/aromatic N) is 2. The molecular formula is C25H25ClF3N3O4S. The zero-order chi connectivity index (χ0) is 27.0. The largest absolute Gasteiger partial charge is 0.490 e. The number of benzene rings is 1. The molecule has 198 valence electrons. The number of ether oxygens (including phenoxy) is 1. The van der Waals surface area contributed by atoms with Crippen molar-refractivity contribution in [1.82, 2.24) is 9.88 Å².